The third-order valence-corrected chi connectivity index (χ3v) is 3.69. The molecule has 7 heteroatoms. The maximum Gasteiger partial charge on any atom is 0.225 e. The lowest BCUT2D eigenvalue weighted by molar-refractivity contribution is 0.602. The van der Waals surface area contributed by atoms with E-state index >= 15 is 0 Å². The van der Waals surface area contributed by atoms with Crippen molar-refractivity contribution >= 4 is 21.4 Å². The molecule has 2 rings (SSSR count). The van der Waals surface area contributed by atoms with Gasteiger partial charge in [-0.3, -0.25) is 4.57 Å². The molecule has 1 aromatic heterocycles. The Bertz CT molecular complexity index is 619. The van der Waals surface area contributed by atoms with E-state index in [1.165, 1.54) is 12.6 Å². The molecule has 1 aromatic carbocycles. The van der Waals surface area contributed by atoms with E-state index in [4.69, 9.17) is 11.6 Å². The lowest BCUT2D eigenvalue weighted by Crippen LogP contribution is -2.00. The van der Waals surface area contributed by atoms with Crippen LogP contribution in [0.25, 0.3) is 0 Å². The summed E-state index contributed by atoms with van der Waals surface area (Å²) in [4.78, 5) is 0.302. The first kappa shape index (κ1) is 12.1. The summed E-state index contributed by atoms with van der Waals surface area (Å²) in [5, 5.41) is 7.61. The Kier molecular flexibility index (Phi) is 3.17. The Hall–Kier alpha value is -1.40. The summed E-state index contributed by atoms with van der Waals surface area (Å²) in [6, 6.07) is 6.63. The number of hydrogen-bond donors (Lipinski definition) is 0. The highest BCUT2D eigenvalue weighted by molar-refractivity contribution is 7.90. The van der Waals surface area contributed by atoms with E-state index < -0.39 is 9.84 Å². The highest BCUT2D eigenvalue weighted by Crippen LogP contribution is 2.12. The second kappa shape index (κ2) is 4.46. The Morgan fingerprint density at radius 2 is 1.94 bits per heavy atom. The lowest BCUT2D eigenvalue weighted by Gasteiger charge is -2.04. The number of hydrogen-bond acceptors (Lipinski definition) is 4. The molecular weight excluding hydrogens is 262 g/mol. The zero-order valence-corrected chi connectivity index (χ0v) is 10.6. The van der Waals surface area contributed by atoms with Gasteiger partial charge in [0.25, 0.3) is 0 Å². The lowest BCUT2D eigenvalue weighted by atomic mass is 10.2. The van der Waals surface area contributed by atoms with Crippen LogP contribution < -0.4 is 0 Å². The summed E-state index contributed by atoms with van der Waals surface area (Å²) < 4.78 is 24.2. The van der Waals surface area contributed by atoms with Crippen LogP contribution in [0.3, 0.4) is 0 Å². The standard InChI is InChI=1S/C10H10ClN3O2S/c1-17(15,16)9-4-2-8(3-5-9)6-14-7-12-13-10(14)11/h2-5,7H,6H2,1H3. The van der Waals surface area contributed by atoms with Crippen molar-refractivity contribution in [1.82, 2.24) is 14.8 Å². The summed E-state index contributed by atoms with van der Waals surface area (Å²) in [5.41, 5.74) is 0.930. The van der Waals surface area contributed by atoms with Crippen molar-refractivity contribution in [2.45, 2.75) is 11.4 Å². The van der Waals surface area contributed by atoms with Crippen molar-refractivity contribution in [3.05, 3.63) is 41.4 Å². The topological polar surface area (TPSA) is 64.8 Å². The molecule has 0 amide bonds. The van der Waals surface area contributed by atoms with Gasteiger partial charge in [-0.15, -0.1) is 10.2 Å². The van der Waals surface area contributed by atoms with Crippen molar-refractivity contribution < 1.29 is 8.42 Å². The molecule has 0 aliphatic carbocycles. The number of nitrogens with zero attached hydrogens (tertiary/aromatic N) is 3. The minimum absolute atomic E-state index is 0.302. The maximum absolute atomic E-state index is 11.3. The Balaban J connectivity index is 2.23. The summed E-state index contributed by atoms with van der Waals surface area (Å²) in [6.45, 7) is 0.510. The van der Waals surface area contributed by atoms with Crippen LogP contribution in [0.4, 0.5) is 0 Å². The van der Waals surface area contributed by atoms with Gasteiger partial charge in [0.05, 0.1) is 11.4 Å². The number of benzene rings is 1. The van der Waals surface area contributed by atoms with Gasteiger partial charge in [0.2, 0.25) is 5.28 Å². The van der Waals surface area contributed by atoms with Gasteiger partial charge in [-0.05, 0) is 29.3 Å². The fraction of sp³-hybridized carbons (Fsp3) is 0.200. The summed E-state index contributed by atoms with van der Waals surface area (Å²) in [7, 11) is -3.15. The number of rotatable bonds is 3. The van der Waals surface area contributed by atoms with Crippen LogP contribution in [0.15, 0.2) is 35.5 Å². The maximum atomic E-state index is 11.3. The molecule has 0 atom stereocenters. The van der Waals surface area contributed by atoms with Crippen LogP contribution in [0.1, 0.15) is 5.56 Å². The average Bonchev–Trinajstić information content (AvgIpc) is 2.64. The van der Waals surface area contributed by atoms with Crippen LogP contribution in [-0.2, 0) is 16.4 Å². The van der Waals surface area contributed by atoms with Crippen LogP contribution in [-0.4, -0.2) is 29.4 Å². The Morgan fingerprint density at radius 1 is 1.29 bits per heavy atom. The van der Waals surface area contributed by atoms with Gasteiger partial charge < -0.3 is 0 Å². The molecule has 90 valence electrons. The highest BCUT2D eigenvalue weighted by Gasteiger charge is 2.07. The average molecular weight is 272 g/mol. The molecule has 0 N–H and O–H groups in total. The summed E-state index contributed by atoms with van der Waals surface area (Å²) >= 11 is 5.79. The van der Waals surface area contributed by atoms with Crippen molar-refractivity contribution in [3.8, 4) is 0 Å². The van der Waals surface area contributed by atoms with E-state index in [0.717, 1.165) is 5.56 Å². The predicted molar refractivity (Wildman–Crippen MR) is 63.7 cm³/mol. The molecule has 0 spiro atoms. The third kappa shape index (κ3) is 2.83. The molecule has 0 saturated carbocycles. The summed E-state index contributed by atoms with van der Waals surface area (Å²) in [5.74, 6) is 0. The number of halogens is 1. The van der Waals surface area contributed by atoms with Crippen LogP contribution in [0.2, 0.25) is 5.28 Å². The van der Waals surface area contributed by atoms with Crippen LogP contribution in [0, 0.1) is 0 Å². The van der Waals surface area contributed by atoms with Gasteiger partial charge in [-0.2, -0.15) is 0 Å². The van der Waals surface area contributed by atoms with Crippen molar-refractivity contribution in [3.63, 3.8) is 0 Å². The quantitative estimate of drug-likeness (QED) is 0.846. The number of sulfone groups is 1. The molecule has 0 saturated heterocycles. The smallest absolute Gasteiger partial charge is 0.225 e. The molecule has 17 heavy (non-hydrogen) atoms. The zero-order valence-electron chi connectivity index (χ0n) is 9.04. The second-order valence-corrected chi connectivity index (χ2v) is 6.00. The molecule has 0 aliphatic rings. The van der Waals surface area contributed by atoms with Crippen LogP contribution in [0.5, 0.6) is 0 Å². The van der Waals surface area contributed by atoms with Crippen LogP contribution >= 0.6 is 11.6 Å². The predicted octanol–water partition coefficient (Wildman–Crippen LogP) is 1.38. The van der Waals surface area contributed by atoms with Crippen molar-refractivity contribution in [2.24, 2.45) is 0 Å². The van der Waals surface area contributed by atoms with E-state index in [0.29, 0.717) is 16.7 Å². The fourth-order valence-corrected chi connectivity index (χ4v) is 2.16. The molecule has 0 bridgehead atoms. The Labute approximate surface area is 104 Å². The first-order chi connectivity index (χ1) is 7.97. The molecule has 1 heterocycles. The first-order valence-corrected chi connectivity index (χ1v) is 7.06. The molecule has 0 fully saturated rings. The highest BCUT2D eigenvalue weighted by atomic mass is 35.5. The molecule has 0 aliphatic heterocycles. The SMILES string of the molecule is CS(=O)(=O)c1ccc(Cn2cnnc2Cl)cc1. The second-order valence-electron chi connectivity index (χ2n) is 3.64. The van der Waals surface area contributed by atoms with Crippen molar-refractivity contribution in [2.75, 3.05) is 6.26 Å². The Morgan fingerprint density at radius 3 is 2.41 bits per heavy atom. The van der Waals surface area contributed by atoms with E-state index in [1.807, 2.05) is 0 Å². The van der Waals surface area contributed by atoms with E-state index in [9.17, 15) is 8.42 Å². The monoisotopic (exact) mass is 271 g/mol. The largest absolute Gasteiger partial charge is 0.300 e. The van der Waals surface area contributed by atoms with Gasteiger partial charge in [0, 0.05) is 6.26 Å². The van der Waals surface area contributed by atoms with Gasteiger partial charge in [-0.25, -0.2) is 8.42 Å². The summed E-state index contributed by atoms with van der Waals surface area (Å²) in [6.07, 6.45) is 2.70. The minimum Gasteiger partial charge on any atom is -0.300 e. The van der Waals surface area contributed by atoms with Gasteiger partial charge in [0.1, 0.15) is 6.33 Å². The molecule has 0 unspecified atom stereocenters. The van der Waals surface area contributed by atoms with E-state index in [2.05, 4.69) is 10.2 Å². The molecular formula is C10H10ClN3O2S. The normalized spacial score (nSPS) is 11.6. The van der Waals surface area contributed by atoms with Crippen molar-refractivity contribution in [1.29, 1.82) is 0 Å². The van der Waals surface area contributed by atoms with E-state index in [1.54, 1.807) is 28.8 Å². The minimum atomic E-state index is -3.15. The molecule has 2 aromatic rings. The first-order valence-electron chi connectivity index (χ1n) is 4.79. The van der Waals surface area contributed by atoms with E-state index in [-0.39, 0.29) is 0 Å². The van der Waals surface area contributed by atoms with Gasteiger partial charge in [-0.1, -0.05) is 12.1 Å². The number of aromatic nitrogens is 3. The molecule has 5 nitrogen and oxygen atoms in total. The third-order valence-electron chi connectivity index (χ3n) is 2.27. The van der Waals surface area contributed by atoms with Gasteiger partial charge >= 0.3 is 0 Å². The zero-order chi connectivity index (χ0) is 12.5. The molecule has 0 radical (unpaired) electrons. The van der Waals surface area contributed by atoms with Gasteiger partial charge in [0.15, 0.2) is 9.84 Å². The fourth-order valence-electron chi connectivity index (χ4n) is 1.39.